The molecule has 0 spiro atoms. The molecule has 0 aliphatic heterocycles. The van der Waals surface area contributed by atoms with Gasteiger partial charge in [0.05, 0.1) is 3.79 Å². The van der Waals surface area contributed by atoms with E-state index in [-0.39, 0.29) is 12.0 Å². The van der Waals surface area contributed by atoms with Crippen LogP contribution in [0.25, 0.3) is 0 Å². The smallest absolute Gasteiger partial charge is 0.230 e. The molecule has 1 aromatic rings. The van der Waals surface area contributed by atoms with E-state index < -0.39 is 0 Å². The van der Waals surface area contributed by atoms with Crippen molar-refractivity contribution in [3.05, 3.63) is 15.4 Å². The molecule has 112 valence electrons. The number of halogens is 1. The van der Waals surface area contributed by atoms with E-state index in [0.717, 1.165) is 27.5 Å². The second kappa shape index (κ2) is 6.61. The Morgan fingerprint density at radius 2 is 1.95 bits per heavy atom. The van der Waals surface area contributed by atoms with Crippen molar-refractivity contribution in [1.82, 2.24) is 0 Å². The first-order chi connectivity index (χ1) is 9.40. The lowest BCUT2D eigenvalue weighted by Gasteiger charge is -2.33. The van der Waals surface area contributed by atoms with E-state index in [1.165, 1.54) is 18.4 Å². The molecule has 1 aliphatic carbocycles. The molecule has 0 atom stereocenters. The van der Waals surface area contributed by atoms with Gasteiger partial charge in [-0.15, -0.1) is 11.3 Å². The highest BCUT2D eigenvalue weighted by Gasteiger charge is 2.31. The molecule has 1 aromatic heterocycles. The van der Waals surface area contributed by atoms with Crippen molar-refractivity contribution in [3.63, 3.8) is 0 Å². The molecule has 1 amide bonds. The molecule has 1 heterocycles. The van der Waals surface area contributed by atoms with Crippen LogP contribution in [-0.4, -0.2) is 11.9 Å². The minimum absolute atomic E-state index is 0.214. The fourth-order valence-corrected chi connectivity index (χ4v) is 4.81. The molecule has 1 saturated carbocycles. The zero-order valence-electron chi connectivity index (χ0n) is 12.8. The predicted molar refractivity (Wildman–Crippen MR) is 90.5 cm³/mol. The number of hydrogen-bond acceptors (Lipinski definition) is 2. The Bertz CT molecular complexity index is 475. The van der Waals surface area contributed by atoms with Gasteiger partial charge in [-0.05, 0) is 79.9 Å². The van der Waals surface area contributed by atoms with Gasteiger partial charge >= 0.3 is 0 Å². The zero-order valence-corrected chi connectivity index (χ0v) is 15.2. The summed E-state index contributed by atoms with van der Waals surface area (Å²) in [6.07, 6.45) is 4.48. The van der Waals surface area contributed by atoms with Gasteiger partial charge in [0.2, 0.25) is 5.91 Å². The lowest BCUT2D eigenvalue weighted by atomic mass is 9.82. The number of carbonyl (C=O) groups excluding carboxylic acids is 1. The minimum atomic E-state index is 0.214. The number of anilines is 1. The summed E-state index contributed by atoms with van der Waals surface area (Å²) in [5.41, 5.74) is 1.19. The highest BCUT2D eigenvalue weighted by atomic mass is 79.9. The van der Waals surface area contributed by atoms with Gasteiger partial charge in [0.1, 0.15) is 5.00 Å². The third-order valence-corrected chi connectivity index (χ3v) is 5.94. The van der Waals surface area contributed by atoms with Crippen molar-refractivity contribution in [1.29, 1.82) is 0 Å². The Kier molecular flexibility index (Phi) is 5.30. The summed E-state index contributed by atoms with van der Waals surface area (Å²) in [5.74, 6) is 1.32. The van der Waals surface area contributed by atoms with Crippen molar-refractivity contribution < 1.29 is 4.79 Å². The minimum Gasteiger partial charge on any atom is -0.301 e. The summed E-state index contributed by atoms with van der Waals surface area (Å²) in [7, 11) is 0. The van der Waals surface area contributed by atoms with Crippen LogP contribution < -0.4 is 4.90 Å². The van der Waals surface area contributed by atoms with Gasteiger partial charge in [0.15, 0.2) is 0 Å². The van der Waals surface area contributed by atoms with Crippen LogP contribution in [0.1, 0.15) is 52.0 Å². The SMILES string of the molecule is Cc1cc(Br)sc1N(C(=O)C1CCC(C)CC1)C(C)C. The van der Waals surface area contributed by atoms with E-state index in [0.29, 0.717) is 5.91 Å². The molecule has 0 saturated heterocycles. The van der Waals surface area contributed by atoms with Crippen LogP contribution >= 0.6 is 27.3 Å². The predicted octanol–water partition coefficient (Wildman–Crippen LogP) is 5.39. The molecule has 2 nitrogen and oxygen atoms in total. The van der Waals surface area contributed by atoms with Gasteiger partial charge in [-0.2, -0.15) is 0 Å². The molecular weight excluding hydrogens is 334 g/mol. The molecule has 0 bridgehead atoms. The Balaban J connectivity index is 2.20. The highest BCUT2D eigenvalue weighted by Crippen LogP contribution is 2.38. The topological polar surface area (TPSA) is 20.3 Å². The average molecular weight is 358 g/mol. The number of thiophene rings is 1. The number of amides is 1. The number of carbonyl (C=O) groups is 1. The highest BCUT2D eigenvalue weighted by molar-refractivity contribution is 9.11. The van der Waals surface area contributed by atoms with Gasteiger partial charge in [0.25, 0.3) is 0 Å². The van der Waals surface area contributed by atoms with E-state index in [1.54, 1.807) is 11.3 Å². The molecule has 0 aromatic carbocycles. The number of nitrogens with zero attached hydrogens (tertiary/aromatic N) is 1. The first-order valence-corrected chi connectivity index (χ1v) is 9.10. The molecule has 20 heavy (non-hydrogen) atoms. The molecule has 2 rings (SSSR count). The standard InChI is InChI=1S/C16H24BrNOS/c1-10(2)18(16-12(4)9-14(17)20-16)15(19)13-7-5-11(3)6-8-13/h9-11,13H,5-8H2,1-4H3. The van der Waals surface area contributed by atoms with Gasteiger partial charge in [0, 0.05) is 12.0 Å². The Labute approximate surface area is 134 Å². The molecule has 0 unspecified atom stereocenters. The van der Waals surface area contributed by atoms with Crippen molar-refractivity contribution in [2.45, 2.75) is 59.4 Å². The average Bonchev–Trinajstić information content (AvgIpc) is 2.69. The first-order valence-electron chi connectivity index (χ1n) is 7.49. The normalized spacial score (nSPS) is 23.1. The molecule has 1 fully saturated rings. The van der Waals surface area contributed by atoms with Crippen molar-refractivity contribution in [3.8, 4) is 0 Å². The fourth-order valence-electron chi connectivity index (χ4n) is 2.97. The molecule has 0 N–H and O–H groups in total. The Hall–Kier alpha value is -0.350. The second-order valence-corrected chi connectivity index (χ2v) is 8.71. The van der Waals surface area contributed by atoms with E-state index in [4.69, 9.17) is 0 Å². The zero-order chi connectivity index (χ0) is 14.9. The largest absolute Gasteiger partial charge is 0.301 e. The Morgan fingerprint density at radius 1 is 1.35 bits per heavy atom. The first kappa shape index (κ1) is 16.0. The fraction of sp³-hybridized carbons (Fsp3) is 0.688. The van der Waals surface area contributed by atoms with Crippen LogP contribution in [0.2, 0.25) is 0 Å². The number of aryl methyl sites for hydroxylation is 1. The third-order valence-electron chi connectivity index (χ3n) is 4.20. The second-order valence-electron chi connectivity index (χ2n) is 6.30. The lowest BCUT2D eigenvalue weighted by Crippen LogP contribution is -2.42. The van der Waals surface area contributed by atoms with Gasteiger partial charge in [-0.3, -0.25) is 4.79 Å². The molecule has 0 radical (unpaired) electrons. The maximum absolute atomic E-state index is 12.9. The van der Waals surface area contributed by atoms with Crippen molar-refractivity contribution in [2.24, 2.45) is 11.8 Å². The maximum Gasteiger partial charge on any atom is 0.230 e. The van der Waals surface area contributed by atoms with Crippen LogP contribution in [0.3, 0.4) is 0 Å². The third kappa shape index (κ3) is 3.45. The molecule has 4 heteroatoms. The molecular formula is C16H24BrNOS. The summed E-state index contributed by atoms with van der Waals surface area (Å²) in [5, 5.41) is 1.11. The lowest BCUT2D eigenvalue weighted by molar-refractivity contribution is -0.123. The van der Waals surface area contributed by atoms with E-state index in [1.807, 2.05) is 4.90 Å². The van der Waals surface area contributed by atoms with Gasteiger partial charge in [-0.25, -0.2) is 0 Å². The summed E-state index contributed by atoms with van der Waals surface area (Å²) < 4.78 is 1.10. The van der Waals surface area contributed by atoms with Crippen molar-refractivity contribution in [2.75, 3.05) is 4.90 Å². The van der Waals surface area contributed by atoms with E-state index in [2.05, 4.69) is 49.7 Å². The van der Waals surface area contributed by atoms with Crippen LogP contribution in [0.4, 0.5) is 5.00 Å². The van der Waals surface area contributed by atoms with Crippen LogP contribution in [0.5, 0.6) is 0 Å². The van der Waals surface area contributed by atoms with Gasteiger partial charge < -0.3 is 4.90 Å². The van der Waals surface area contributed by atoms with Gasteiger partial charge in [-0.1, -0.05) is 6.92 Å². The monoisotopic (exact) mass is 357 g/mol. The van der Waals surface area contributed by atoms with Crippen LogP contribution in [0.15, 0.2) is 9.85 Å². The number of rotatable bonds is 3. The maximum atomic E-state index is 12.9. The summed E-state index contributed by atoms with van der Waals surface area (Å²) in [6, 6.07) is 2.32. The van der Waals surface area contributed by atoms with Crippen LogP contribution in [0, 0.1) is 18.8 Å². The summed E-state index contributed by atoms with van der Waals surface area (Å²) in [4.78, 5) is 14.9. The number of hydrogen-bond donors (Lipinski definition) is 0. The van der Waals surface area contributed by atoms with Crippen molar-refractivity contribution >= 4 is 38.2 Å². The molecule has 1 aliphatic rings. The van der Waals surface area contributed by atoms with E-state index >= 15 is 0 Å². The van der Waals surface area contributed by atoms with Crippen LogP contribution in [-0.2, 0) is 4.79 Å². The van der Waals surface area contributed by atoms with E-state index in [9.17, 15) is 4.79 Å². The summed E-state index contributed by atoms with van der Waals surface area (Å²) in [6.45, 7) is 8.59. The quantitative estimate of drug-likeness (QED) is 0.710. The summed E-state index contributed by atoms with van der Waals surface area (Å²) >= 11 is 5.20. The Morgan fingerprint density at radius 3 is 2.40 bits per heavy atom.